The average molecular weight is 325 g/mol. The van der Waals surface area contributed by atoms with E-state index in [9.17, 15) is 4.79 Å². The molecule has 1 saturated heterocycles. The van der Waals surface area contributed by atoms with Crippen LogP contribution >= 0.6 is 0 Å². The maximum atomic E-state index is 12.2. The third-order valence-corrected chi connectivity index (χ3v) is 4.16. The van der Waals surface area contributed by atoms with E-state index in [4.69, 9.17) is 4.74 Å². The first-order valence-corrected chi connectivity index (χ1v) is 8.65. The normalized spacial score (nSPS) is 18.6. The van der Waals surface area contributed by atoms with Gasteiger partial charge in [0.15, 0.2) is 0 Å². The van der Waals surface area contributed by atoms with Crippen molar-refractivity contribution in [2.75, 3.05) is 13.2 Å². The molecule has 0 aliphatic carbocycles. The van der Waals surface area contributed by atoms with Gasteiger partial charge in [-0.05, 0) is 24.8 Å². The second-order valence-corrected chi connectivity index (χ2v) is 5.96. The van der Waals surface area contributed by atoms with Gasteiger partial charge in [0, 0.05) is 19.0 Å². The predicted molar refractivity (Wildman–Crippen MR) is 98.5 cm³/mol. The van der Waals surface area contributed by atoms with E-state index in [1.165, 1.54) is 5.56 Å². The van der Waals surface area contributed by atoms with Crippen LogP contribution in [0.3, 0.4) is 0 Å². The number of likely N-dealkylation sites (tertiary alicyclic amines) is 1. The molecule has 1 aliphatic heterocycles. The largest absolute Gasteiger partial charge is 0.373 e. The number of amides is 1. The Bertz CT molecular complexity index is 562. The summed E-state index contributed by atoms with van der Waals surface area (Å²) in [5, 5.41) is 0. The molecule has 0 saturated carbocycles. The molecule has 0 bridgehead atoms. The van der Waals surface area contributed by atoms with Crippen LogP contribution in [-0.4, -0.2) is 30.0 Å². The first kappa shape index (κ1) is 18.2. The van der Waals surface area contributed by atoms with Gasteiger partial charge in [0.25, 0.3) is 0 Å². The van der Waals surface area contributed by atoms with Crippen molar-refractivity contribution >= 4 is 5.91 Å². The van der Waals surface area contributed by atoms with Crippen LogP contribution in [0.25, 0.3) is 0 Å². The molecule has 0 aromatic heterocycles. The molecule has 1 aromatic carbocycles. The molecule has 24 heavy (non-hydrogen) atoms. The van der Waals surface area contributed by atoms with E-state index in [0.717, 1.165) is 19.3 Å². The maximum Gasteiger partial charge on any atom is 0.223 e. The Balaban J connectivity index is 1.73. The molecule has 1 atom stereocenters. The Kier molecular flexibility index (Phi) is 8.05. The van der Waals surface area contributed by atoms with Crippen molar-refractivity contribution in [3.05, 3.63) is 72.9 Å². The van der Waals surface area contributed by atoms with E-state index < -0.39 is 0 Å². The monoisotopic (exact) mass is 325 g/mol. The summed E-state index contributed by atoms with van der Waals surface area (Å²) in [6, 6.07) is 10.4. The van der Waals surface area contributed by atoms with Crippen molar-refractivity contribution in [1.82, 2.24) is 4.90 Å². The highest BCUT2D eigenvalue weighted by Gasteiger charge is 2.25. The molecule has 1 amide bonds. The Labute approximate surface area is 145 Å². The number of rotatable bonds is 9. The quantitative estimate of drug-likeness (QED) is 0.385. The van der Waals surface area contributed by atoms with Crippen LogP contribution in [0.1, 0.15) is 31.2 Å². The Morgan fingerprint density at radius 3 is 2.83 bits per heavy atom. The topological polar surface area (TPSA) is 29.5 Å². The highest BCUT2D eigenvalue weighted by Crippen LogP contribution is 2.21. The minimum atomic E-state index is 0.258. The average Bonchev–Trinajstić information content (AvgIpc) is 2.61. The fraction of sp³-hybridized carbons (Fsp3) is 0.381. The van der Waals surface area contributed by atoms with Gasteiger partial charge in [0.05, 0.1) is 13.2 Å². The Morgan fingerprint density at radius 2 is 2.04 bits per heavy atom. The lowest BCUT2D eigenvalue weighted by molar-refractivity contribution is -0.135. The number of allylic oxidation sites excluding steroid dienone is 2. The van der Waals surface area contributed by atoms with Crippen LogP contribution in [0.5, 0.6) is 0 Å². The van der Waals surface area contributed by atoms with Crippen LogP contribution in [0.4, 0.5) is 0 Å². The van der Waals surface area contributed by atoms with Crippen molar-refractivity contribution in [3.63, 3.8) is 0 Å². The molecule has 0 spiro atoms. The third-order valence-electron chi connectivity index (χ3n) is 4.16. The van der Waals surface area contributed by atoms with Gasteiger partial charge in [-0.1, -0.05) is 67.3 Å². The standard InChI is InChI=1S/C21H27NO2/c1-2-3-5-13-20-14-10-15-21(23)22(20)16-8-9-17-24-18-19-11-6-4-7-12-19/h2-9,11-12,20H,1,10,13-18H2/b5-3+,9-8-. The molecular formula is C21H27NO2. The van der Waals surface area contributed by atoms with Gasteiger partial charge >= 0.3 is 0 Å². The van der Waals surface area contributed by atoms with Crippen LogP contribution in [-0.2, 0) is 16.1 Å². The third kappa shape index (κ3) is 6.17. The Morgan fingerprint density at radius 1 is 1.21 bits per heavy atom. The van der Waals surface area contributed by atoms with Crippen molar-refractivity contribution < 1.29 is 9.53 Å². The molecular weight excluding hydrogens is 298 g/mol. The number of ether oxygens (including phenoxy) is 1. The summed E-state index contributed by atoms with van der Waals surface area (Å²) in [4.78, 5) is 14.1. The molecule has 3 heteroatoms. The highest BCUT2D eigenvalue weighted by atomic mass is 16.5. The van der Waals surface area contributed by atoms with Gasteiger partial charge in [0.1, 0.15) is 0 Å². The van der Waals surface area contributed by atoms with Crippen molar-refractivity contribution in [1.29, 1.82) is 0 Å². The van der Waals surface area contributed by atoms with E-state index in [1.807, 2.05) is 41.3 Å². The van der Waals surface area contributed by atoms with Gasteiger partial charge in [-0.15, -0.1) is 0 Å². The summed E-state index contributed by atoms with van der Waals surface area (Å²) in [6.45, 7) is 5.53. The number of benzene rings is 1. The second kappa shape index (κ2) is 10.6. The number of hydrogen-bond donors (Lipinski definition) is 0. The molecule has 1 aliphatic rings. The van der Waals surface area contributed by atoms with Gasteiger partial charge in [-0.2, -0.15) is 0 Å². The van der Waals surface area contributed by atoms with Gasteiger partial charge in [-0.25, -0.2) is 0 Å². The highest BCUT2D eigenvalue weighted by molar-refractivity contribution is 5.77. The van der Waals surface area contributed by atoms with E-state index in [-0.39, 0.29) is 5.91 Å². The summed E-state index contributed by atoms with van der Waals surface area (Å²) in [7, 11) is 0. The predicted octanol–water partition coefficient (Wildman–Crippen LogP) is 4.27. The van der Waals surface area contributed by atoms with Crippen LogP contribution in [0.2, 0.25) is 0 Å². The summed E-state index contributed by atoms with van der Waals surface area (Å²) in [6.07, 6.45) is 13.5. The molecule has 1 heterocycles. The first-order chi connectivity index (χ1) is 11.8. The number of carbonyl (C=O) groups is 1. The number of hydrogen-bond acceptors (Lipinski definition) is 2. The van der Waals surface area contributed by atoms with E-state index in [0.29, 0.717) is 32.2 Å². The van der Waals surface area contributed by atoms with Crippen LogP contribution < -0.4 is 0 Å². The van der Waals surface area contributed by atoms with E-state index in [1.54, 1.807) is 6.08 Å². The number of carbonyl (C=O) groups excluding carboxylic acids is 1. The van der Waals surface area contributed by atoms with E-state index in [2.05, 4.69) is 24.8 Å². The molecule has 128 valence electrons. The minimum Gasteiger partial charge on any atom is -0.373 e. The van der Waals surface area contributed by atoms with Crippen LogP contribution in [0, 0.1) is 0 Å². The summed E-state index contributed by atoms with van der Waals surface area (Å²) >= 11 is 0. The van der Waals surface area contributed by atoms with Crippen LogP contribution in [0.15, 0.2) is 67.3 Å². The SMILES string of the molecule is C=C/C=C/CC1CCCC(=O)N1C/C=C\COCc1ccccc1. The minimum absolute atomic E-state index is 0.258. The van der Waals surface area contributed by atoms with Gasteiger partial charge in [0.2, 0.25) is 5.91 Å². The van der Waals surface area contributed by atoms with Gasteiger partial charge < -0.3 is 9.64 Å². The maximum absolute atomic E-state index is 12.2. The lowest BCUT2D eigenvalue weighted by atomic mass is 9.98. The molecule has 1 unspecified atom stereocenters. The lowest BCUT2D eigenvalue weighted by Crippen LogP contribution is -2.43. The molecule has 0 N–H and O–H groups in total. The summed E-state index contributed by atoms with van der Waals surface area (Å²) < 4.78 is 5.63. The van der Waals surface area contributed by atoms with Gasteiger partial charge in [-0.3, -0.25) is 4.79 Å². The smallest absolute Gasteiger partial charge is 0.223 e. The van der Waals surface area contributed by atoms with E-state index >= 15 is 0 Å². The fourth-order valence-electron chi connectivity index (χ4n) is 2.90. The molecule has 2 rings (SSSR count). The lowest BCUT2D eigenvalue weighted by Gasteiger charge is -2.34. The molecule has 3 nitrogen and oxygen atoms in total. The fourth-order valence-corrected chi connectivity index (χ4v) is 2.90. The molecule has 1 aromatic rings. The Hall–Kier alpha value is -2.13. The number of nitrogens with zero attached hydrogens (tertiary/aromatic N) is 1. The zero-order valence-corrected chi connectivity index (χ0v) is 14.3. The van der Waals surface area contributed by atoms with Crippen molar-refractivity contribution in [2.45, 2.75) is 38.3 Å². The zero-order valence-electron chi connectivity index (χ0n) is 14.3. The number of piperidine rings is 1. The first-order valence-electron chi connectivity index (χ1n) is 8.65. The molecule has 0 radical (unpaired) electrons. The molecule has 1 fully saturated rings. The van der Waals surface area contributed by atoms with Crippen molar-refractivity contribution in [3.8, 4) is 0 Å². The second-order valence-electron chi connectivity index (χ2n) is 5.96. The summed E-state index contributed by atoms with van der Waals surface area (Å²) in [5.74, 6) is 0.258. The zero-order chi connectivity index (χ0) is 17.0. The van der Waals surface area contributed by atoms with Crippen molar-refractivity contribution in [2.24, 2.45) is 0 Å². The summed E-state index contributed by atoms with van der Waals surface area (Å²) in [5.41, 5.74) is 1.17.